The molecule has 0 amide bonds. The molecule has 0 saturated heterocycles. The fraction of sp³-hybridized carbons (Fsp3) is 0.222. The molecule has 108 valence electrons. The molecule has 0 radical (unpaired) electrons. The van der Waals surface area contributed by atoms with Crippen molar-refractivity contribution in [3.8, 4) is 17.6 Å². The number of hydrogen-bond donors (Lipinski definition) is 0. The van der Waals surface area contributed by atoms with E-state index in [2.05, 4.69) is 18.8 Å². The molecule has 2 rings (SSSR count). The fourth-order valence-corrected chi connectivity index (χ4v) is 1.80. The Morgan fingerprint density at radius 1 is 1.05 bits per heavy atom. The van der Waals surface area contributed by atoms with Gasteiger partial charge >= 0.3 is 0 Å². The summed E-state index contributed by atoms with van der Waals surface area (Å²) in [7, 11) is 0. The van der Waals surface area contributed by atoms with Crippen molar-refractivity contribution in [2.75, 3.05) is 6.61 Å². The second-order valence-electron chi connectivity index (χ2n) is 4.61. The van der Waals surface area contributed by atoms with Gasteiger partial charge in [-0.3, -0.25) is 0 Å². The van der Waals surface area contributed by atoms with E-state index in [9.17, 15) is 4.39 Å². The number of halogens is 2. The SMILES string of the molecule is CCCCOc1ccc(C#Cc2ccc(Cl)c(F)c2)cc1. The van der Waals surface area contributed by atoms with Gasteiger partial charge in [0.1, 0.15) is 11.6 Å². The van der Waals surface area contributed by atoms with Crippen molar-refractivity contribution in [1.29, 1.82) is 0 Å². The Labute approximate surface area is 129 Å². The van der Waals surface area contributed by atoms with Crippen LogP contribution in [0.15, 0.2) is 42.5 Å². The first kappa shape index (κ1) is 15.4. The number of rotatable bonds is 4. The summed E-state index contributed by atoms with van der Waals surface area (Å²) < 4.78 is 18.9. The van der Waals surface area contributed by atoms with Gasteiger partial charge in [-0.2, -0.15) is 0 Å². The zero-order valence-electron chi connectivity index (χ0n) is 11.8. The van der Waals surface area contributed by atoms with Crippen LogP contribution in [-0.4, -0.2) is 6.61 Å². The molecule has 0 aliphatic heterocycles. The van der Waals surface area contributed by atoms with E-state index in [-0.39, 0.29) is 5.02 Å². The van der Waals surface area contributed by atoms with Crippen molar-refractivity contribution in [3.05, 3.63) is 64.4 Å². The highest BCUT2D eigenvalue weighted by Gasteiger charge is 1.98. The molecule has 0 aromatic heterocycles. The minimum Gasteiger partial charge on any atom is -0.494 e. The number of unbranched alkanes of at least 4 members (excludes halogenated alkanes) is 1. The molecule has 0 N–H and O–H groups in total. The zero-order valence-corrected chi connectivity index (χ0v) is 12.6. The summed E-state index contributed by atoms with van der Waals surface area (Å²) in [6, 6.07) is 12.1. The molecule has 21 heavy (non-hydrogen) atoms. The third-order valence-corrected chi connectivity index (χ3v) is 3.20. The summed E-state index contributed by atoms with van der Waals surface area (Å²) in [5, 5.41) is 0.106. The summed E-state index contributed by atoms with van der Waals surface area (Å²) in [4.78, 5) is 0. The van der Waals surface area contributed by atoms with Gasteiger partial charge in [0.05, 0.1) is 11.6 Å². The average Bonchev–Trinajstić information content (AvgIpc) is 2.50. The Bertz CT molecular complexity index is 653. The maximum atomic E-state index is 13.3. The van der Waals surface area contributed by atoms with Crippen molar-refractivity contribution >= 4 is 11.6 Å². The minimum atomic E-state index is -0.455. The smallest absolute Gasteiger partial charge is 0.143 e. The van der Waals surface area contributed by atoms with Crippen molar-refractivity contribution < 1.29 is 9.13 Å². The summed E-state index contributed by atoms with van der Waals surface area (Å²) in [5.74, 6) is 6.28. The van der Waals surface area contributed by atoms with Crippen molar-refractivity contribution in [2.45, 2.75) is 19.8 Å². The summed E-state index contributed by atoms with van der Waals surface area (Å²) in [6.07, 6.45) is 2.16. The van der Waals surface area contributed by atoms with E-state index in [0.717, 1.165) is 30.8 Å². The van der Waals surface area contributed by atoms with Crippen LogP contribution in [0.4, 0.5) is 4.39 Å². The Morgan fingerprint density at radius 3 is 2.38 bits per heavy atom. The van der Waals surface area contributed by atoms with E-state index in [1.165, 1.54) is 12.1 Å². The topological polar surface area (TPSA) is 9.23 Å². The third kappa shape index (κ3) is 4.81. The highest BCUT2D eigenvalue weighted by atomic mass is 35.5. The lowest BCUT2D eigenvalue weighted by molar-refractivity contribution is 0.309. The summed E-state index contributed by atoms with van der Waals surface area (Å²) >= 11 is 5.63. The minimum absolute atomic E-state index is 0.106. The lowest BCUT2D eigenvalue weighted by Crippen LogP contribution is -1.95. The maximum absolute atomic E-state index is 13.3. The van der Waals surface area contributed by atoms with Gasteiger partial charge in [-0.25, -0.2) is 4.39 Å². The second-order valence-corrected chi connectivity index (χ2v) is 5.01. The van der Waals surface area contributed by atoms with E-state index in [4.69, 9.17) is 16.3 Å². The van der Waals surface area contributed by atoms with Crippen LogP contribution in [0, 0.1) is 17.7 Å². The van der Waals surface area contributed by atoms with E-state index in [1.807, 2.05) is 24.3 Å². The molecule has 0 spiro atoms. The van der Waals surface area contributed by atoms with Gasteiger partial charge in [0.25, 0.3) is 0 Å². The average molecular weight is 303 g/mol. The number of benzene rings is 2. The quantitative estimate of drug-likeness (QED) is 0.567. The molecule has 0 saturated carbocycles. The van der Waals surface area contributed by atoms with Crippen LogP contribution in [-0.2, 0) is 0 Å². The molecule has 2 aromatic carbocycles. The Morgan fingerprint density at radius 2 is 1.71 bits per heavy atom. The summed E-state index contributed by atoms with van der Waals surface area (Å²) in [5.41, 5.74) is 1.45. The Kier molecular flexibility index (Phi) is 5.66. The lowest BCUT2D eigenvalue weighted by Gasteiger charge is -2.04. The number of ether oxygens (including phenoxy) is 1. The Hall–Kier alpha value is -1.98. The molecule has 0 heterocycles. The van der Waals surface area contributed by atoms with Crippen molar-refractivity contribution in [2.24, 2.45) is 0 Å². The van der Waals surface area contributed by atoms with Gasteiger partial charge in [-0.05, 0) is 48.9 Å². The van der Waals surface area contributed by atoms with E-state index in [1.54, 1.807) is 6.07 Å². The monoisotopic (exact) mass is 302 g/mol. The van der Waals surface area contributed by atoms with E-state index in [0.29, 0.717) is 5.56 Å². The van der Waals surface area contributed by atoms with Gasteiger partial charge in [0.2, 0.25) is 0 Å². The second kappa shape index (κ2) is 7.71. The standard InChI is InChI=1S/C18H16ClFO/c1-2-3-12-21-16-9-6-14(7-10-16)4-5-15-8-11-17(19)18(20)13-15/h6-11,13H,2-3,12H2,1H3. The van der Waals surface area contributed by atoms with Gasteiger partial charge in [0, 0.05) is 11.1 Å². The highest BCUT2D eigenvalue weighted by Crippen LogP contribution is 2.15. The van der Waals surface area contributed by atoms with Crippen LogP contribution in [0.1, 0.15) is 30.9 Å². The third-order valence-electron chi connectivity index (χ3n) is 2.89. The highest BCUT2D eigenvalue weighted by molar-refractivity contribution is 6.30. The van der Waals surface area contributed by atoms with Gasteiger partial charge in [-0.15, -0.1) is 0 Å². The van der Waals surface area contributed by atoms with Crippen LogP contribution in [0.3, 0.4) is 0 Å². The predicted molar refractivity (Wildman–Crippen MR) is 84.2 cm³/mol. The molecule has 0 unspecified atom stereocenters. The molecule has 0 aliphatic rings. The molecule has 3 heteroatoms. The Balaban J connectivity index is 2.03. The molecule has 0 fully saturated rings. The first-order chi connectivity index (χ1) is 10.2. The van der Waals surface area contributed by atoms with Gasteiger partial charge < -0.3 is 4.74 Å². The van der Waals surface area contributed by atoms with Crippen LogP contribution in [0.5, 0.6) is 5.75 Å². The molecule has 2 aromatic rings. The molecule has 0 aliphatic carbocycles. The molecule has 0 bridgehead atoms. The predicted octanol–water partition coefficient (Wildman–Crippen LogP) is 5.06. The lowest BCUT2D eigenvalue weighted by atomic mass is 10.2. The maximum Gasteiger partial charge on any atom is 0.143 e. The molecular formula is C18H16ClFO. The molecule has 0 atom stereocenters. The van der Waals surface area contributed by atoms with Gasteiger partial charge in [-0.1, -0.05) is 36.8 Å². The van der Waals surface area contributed by atoms with Crippen LogP contribution in [0.25, 0.3) is 0 Å². The zero-order chi connectivity index (χ0) is 15.1. The van der Waals surface area contributed by atoms with Crippen LogP contribution < -0.4 is 4.74 Å². The van der Waals surface area contributed by atoms with Crippen molar-refractivity contribution in [3.63, 3.8) is 0 Å². The summed E-state index contributed by atoms with van der Waals surface area (Å²) in [6.45, 7) is 2.85. The molecule has 1 nitrogen and oxygen atoms in total. The fourth-order valence-electron chi connectivity index (χ4n) is 1.69. The largest absolute Gasteiger partial charge is 0.494 e. The van der Waals surface area contributed by atoms with Crippen molar-refractivity contribution in [1.82, 2.24) is 0 Å². The van der Waals surface area contributed by atoms with Crippen LogP contribution >= 0.6 is 11.6 Å². The normalized spacial score (nSPS) is 9.86. The first-order valence-electron chi connectivity index (χ1n) is 6.89. The first-order valence-corrected chi connectivity index (χ1v) is 7.27. The van der Waals surface area contributed by atoms with E-state index < -0.39 is 5.82 Å². The van der Waals surface area contributed by atoms with E-state index >= 15 is 0 Å². The van der Waals surface area contributed by atoms with Gasteiger partial charge in [0.15, 0.2) is 0 Å². The molecular weight excluding hydrogens is 287 g/mol. The number of hydrogen-bond acceptors (Lipinski definition) is 1. The van der Waals surface area contributed by atoms with Crippen LogP contribution in [0.2, 0.25) is 5.02 Å².